The molecule has 0 aromatic heterocycles. The number of benzene rings is 1. The third-order valence-corrected chi connectivity index (χ3v) is 5.98. The number of rotatable bonds is 11. The molecule has 1 saturated carbocycles. The molecule has 1 aliphatic carbocycles. The topological polar surface area (TPSA) is 72.2 Å². The van der Waals surface area contributed by atoms with Gasteiger partial charge in [-0.3, -0.25) is 0 Å². The second-order valence-electron chi connectivity index (χ2n) is 10.0. The van der Waals surface area contributed by atoms with Gasteiger partial charge < -0.3 is 26.7 Å². The monoisotopic (exact) mass is 619 g/mol. The Hall–Kier alpha value is -1.05. The Morgan fingerprint density at radius 1 is 1.16 bits per heavy atom. The van der Waals surface area contributed by atoms with Crippen molar-refractivity contribution >= 4 is 12.4 Å². The molecule has 3 rings (SSSR count). The molecule has 5 nitrogen and oxygen atoms in total. The van der Waals surface area contributed by atoms with E-state index in [0.29, 0.717) is 0 Å². The van der Waals surface area contributed by atoms with Crippen LogP contribution in [-0.2, 0) is 6.42 Å². The summed E-state index contributed by atoms with van der Waals surface area (Å²) in [6, 6.07) is 8.20. The van der Waals surface area contributed by atoms with Gasteiger partial charge in [0, 0.05) is 19.3 Å². The molecule has 2 fully saturated rings. The van der Waals surface area contributed by atoms with Crippen molar-refractivity contribution in [2.75, 3.05) is 45.1 Å². The number of unbranched alkanes of at least 4 members (excludes halogenated alkanes) is 1. The van der Waals surface area contributed by atoms with E-state index in [9.17, 15) is 0 Å². The Morgan fingerprint density at radius 3 is 2.05 bits per heavy atom. The van der Waals surface area contributed by atoms with E-state index >= 15 is 0 Å². The van der Waals surface area contributed by atoms with Gasteiger partial charge in [0.05, 0.1) is 0 Å². The summed E-state index contributed by atoms with van der Waals surface area (Å²) in [7, 11) is 1.90. The first-order valence-corrected chi connectivity index (χ1v) is 15.8. The predicted molar refractivity (Wildman–Crippen MR) is 194 cm³/mol. The molecule has 1 heterocycles. The molecule has 1 unspecified atom stereocenters. The number of nitrogens with zero attached hydrogens (tertiary/aromatic N) is 1. The first kappa shape index (κ1) is 48.8. The van der Waals surface area contributed by atoms with E-state index in [1.165, 1.54) is 62.8 Å². The van der Waals surface area contributed by atoms with E-state index in [-0.39, 0.29) is 57.4 Å². The summed E-state index contributed by atoms with van der Waals surface area (Å²) in [6.07, 6.45) is 18.9. The third kappa shape index (κ3) is 43.1. The molecule has 0 bridgehead atoms. The molecule has 1 aromatic carbocycles. The van der Waals surface area contributed by atoms with Gasteiger partial charge in [0.2, 0.25) is 0 Å². The van der Waals surface area contributed by atoms with E-state index < -0.39 is 0 Å². The molecular weight excluding hydrogens is 554 g/mol. The van der Waals surface area contributed by atoms with Crippen LogP contribution in [0.4, 0.5) is 5.69 Å². The van der Waals surface area contributed by atoms with Gasteiger partial charge in [-0.1, -0.05) is 69.0 Å². The Kier molecular flexibility index (Phi) is 46.5. The fraction of sp³-hybridized carbons (Fsp3) is 0.568. The van der Waals surface area contributed by atoms with Gasteiger partial charge in [0.25, 0.3) is 0 Å². The maximum atomic E-state index is 7.40. The number of aliphatic imine (C=N–C) groups is 1. The summed E-state index contributed by atoms with van der Waals surface area (Å²) < 4.78 is 0. The summed E-state index contributed by atoms with van der Waals surface area (Å²) in [5.41, 5.74) is 13.8. The minimum absolute atomic E-state index is 0. The second kappa shape index (κ2) is 40.9. The number of hydrogen-bond acceptors (Lipinski definition) is 4. The average molecular weight is 620 g/mol. The fourth-order valence-corrected chi connectivity index (χ4v) is 3.34. The standard InChI is InChI=1S/C10H15N2.C8H17N.C8H12.C4H9N.C4H6.C3H7N.K/c1-8(11)7-9-3-5-10(12-2)6-4-9;1-3-5-6-7-8-9-4-2;1-3-4-7(2)8-5-6-8;1-2-4-5-3-1;2*1-3-4-2;/h3-6,8,11-12H,7H2,1-2H3;3,5,9H,4,6-8H2,1-2H3;3-4,8H,1,5-6H2,2H3;5H,1-4H2;4H,1H2,2H3;2-3H2,1H3;/q-1;;;;;;+1/b;;7-4+;;;;. The van der Waals surface area contributed by atoms with Crippen molar-refractivity contribution < 1.29 is 51.4 Å². The van der Waals surface area contributed by atoms with Gasteiger partial charge in [-0.15, -0.1) is 11.8 Å². The van der Waals surface area contributed by atoms with Gasteiger partial charge in [-0.25, -0.2) is 0 Å². The van der Waals surface area contributed by atoms with Crippen LogP contribution in [0.1, 0.15) is 85.6 Å². The fourth-order valence-electron chi connectivity index (χ4n) is 3.34. The van der Waals surface area contributed by atoms with Crippen LogP contribution >= 0.6 is 0 Å². The van der Waals surface area contributed by atoms with Crippen LogP contribution < -0.4 is 67.3 Å². The van der Waals surface area contributed by atoms with Crippen LogP contribution in [0.3, 0.4) is 0 Å². The maximum absolute atomic E-state index is 7.40. The smallest absolute Gasteiger partial charge is 0.675 e. The summed E-state index contributed by atoms with van der Waals surface area (Å²) in [5, 5.41) is 9.56. The third-order valence-electron chi connectivity index (χ3n) is 5.98. The largest absolute Gasteiger partial charge is 1.00 e. The van der Waals surface area contributed by atoms with Gasteiger partial charge >= 0.3 is 51.4 Å². The predicted octanol–water partition coefficient (Wildman–Crippen LogP) is 6.62. The van der Waals surface area contributed by atoms with Gasteiger partial charge in [-0.2, -0.15) is 0 Å². The first-order valence-electron chi connectivity index (χ1n) is 15.8. The zero-order valence-electron chi connectivity index (χ0n) is 29.4. The normalized spacial score (nSPS) is 13.4. The van der Waals surface area contributed by atoms with E-state index in [0.717, 1.165) is 37.7 Å². The van der Waals surface area contributed by atoms with Crippen molar-refractivity contribution in [3.05, 3.63) is 90.4 Å². The molecule has 1 atom stereocenters. The van der Waals surface area contributed by atoms with E-state index in [2.05, 4.69) is 97.7 Å². The van der Waals surface area contributed by atoms with Crippen molar-refractivity contribution in [1.29, 1.82) is 0 Å². The molecule has 43 heavy (non-hydrogen) atoms. The molecule has 0 radical (unpaired) electrons. The summed E-state index contributed by atoms with van der Waals surface area (Å²) in [4.78, 5) is 3.49. The van der Waals surface area contributed by atoms with Gasteiger partial charge in [0.1, 0.15) is 0 Å². The Balaban J connectivity index is -0.000000222. The summed E-state index contributed by atoms with van der Waals surface area (Å²) in [6.45, 7) is 27.9. The van der Waals surface area contributed by atoms with Crippen LogP contribution in [0.2, 0.25) is 0 Å². The molecule has 6 heteroatoms. The van der Waals surface area contributed by atoms with E-state index in [1.807, 2.05) is 46.0 Å². The molecule has 240 valence electrons. The Bertz CT molecular complexity index is 808. The van der Waals surface area contributed by atoms with Crippen LogP contribution in [0.25, 0.3) is 5.73 Å². The quantitative estimate of drug-likeness (QED) is 0.0651. The average Bonchev–Trinajstić information content (AvgIpc) is 3.69. The summed E-state index contributed by atoms with van der Waals surface area (Å²) in [5.74, 6) is 0.910. The van der Waals surface area contributed by atoms with Crippen molar-refractivity contribution in [1.82, 2.24) is 10.6 Å². The SMILES string of the molecule is C1CCNC1.C=C/C=C(\C)C1CC1.C=C=CC.C=NCC.CC=CCCCNCC.CNc1ccc(CC(C)[NH-])cc1.[K+]. The second-order valence-corrected chi connectivity index (χ2v) is 10.0. The van der Waals surface area contributed by atoms with Crippen LogP contribution in [-0.4, -0.2) is 52.5 Å². The van der Waals surface area contributed by atoms with Crippen LogP contribution in [0.5, 0.6) is 0 Å². The van der Waals surface area contributed by atoms with Crippen molar-refractivity contribution in [3.63, 3.8) is 0 Å². The maximum Gasteiger partial charge on any atom is 1.00 e. The molecule has 1 aliphatic heterocycles. The van der Waals surface area contributed by atoms with Crippen molar-refractivity contribution in [2.24, 2.45) is 10.9 Å². The van der Waals surface area contributed by atoms with Gasteiger partial charge in [0.15, 0.2) is 0 Å². The van der Waals surface area contributed by atoms with Crippen LogP contribution in [0, 0.1) is 5.92 Å². The Labute approximate surface area is 310 Å². The molecule has 0 amide bonds. The molecule has 0 spiro atoms. The van der Waals surface area contributed by atoms with E-state index in [1.54, 1.807) is 6.08 Å². The van der Waals surface area contributed by atoms with Crippen LogP contribution in [0.15, 0.2) is 84.1 Å². The van der Waals surface area contributed by atoms with Crippen molar-refractivity contribution in [3.8, 4) is 0 Å². The van der Waals surface area contributed by atoms with Crippen molar-refractivity contribution in [2.45, 2.75) is 92.5 Å². The van der Waals surface area contributed by atoms with E-state index in [4.69, 9.17) is 5.73 Å². The number of hydrogen-bond donors (Lipinski definition) is 3. The number of anilines is 1. The van der Waals surface area contributed by atoms with Gasteiger partial charge in [-0.05, 0) is 135 Å². The zero-order chi connectivity index (χ0) is 32.3. The molecule has 4 N–H and O–H groups in total. The Morgan fingerprint density at radius 2 is 1.72 bits per heavy atom. The number of nitrogens with one attached hydrogen (secondary N) is 4. The molecule has 2 aliphatic rings. The first-order chi connectivity index (χ1) is 20.3. The minimum Gasteiger partial charge on any atom is -0.675 e. The number of allylic oxidation sites excluding steroid dienone is 6. The minimum atomic E-state index is -0.00886. The molecule has 1 saturated heterocycles. The molecular formula is C37H66KN5. The molecule has 1 aromatic rings. The summed E-state index contributed by atoms with van der Waals surface area (Å²) >= 11 is 0. The zero-order valence-corrected chi connectivity index (χ0v) is 32.5.